The minimum atomic E-state index is -4.73. The number of rotatable bonds is 6. The zero-order valence-electron chi connectivity index (χ0n) is 17.0. The van der Waals surface area contributed by atoms with Gasteiger partial charge < -0.3 is 19.1 Å². The van der Waals surface area contributed by atoms with E-state index < -0.39 is 12.1 Å². The number of carbonyl (C=O) groups is 1. The summed E-state index contributed by atoms with van der Waals surface area (Å²) in [6.07, 6.45) is -1.71. The van der Waals surface area contributed by atoms with E-state index in [1.165, 1.54) is 18.3 Å². The average molecular weight is 446 g/mol. The highest BCUT2D eigenvalue weighted by molar-refractivity contribution is 5.99. The Bertz CT molecular complexity index is 1280. The highest BCUT2D eigenvalue weighted by Crippen LogP contribution is 2.30. The minimum absolute atomic E-state index is 0.211. The molecule has 4 aromatic rings. The molecule has 0 aliphatic heterocycles. The first-order chi connectivity index (χ1) is 15.3. The van der Waals surface area contributed by atoms with Crippen molar-refractivity contribution in [2.24, 2.45) is 7.05 Å². The number of nitrogens with zero attached hydrogens (tertiary/aromatic N) is 5. The molecular weight excluding hydrogens is 429 g/mol. The lowest BCUT2D eigenvalue weighted by atomic mass is 10.1. The Hall–Kier alpha value is -3.80. The number of carbonyl (C=O) groups excluding carboxylic acids is 1. The highest BCUT2D eigenvalue weighted by atomic mass is 19.4. The van der Waals surface area contributed by atoms with Gasteiger partial charge in [0.1, 0.15) is 5.69 Å². The summed E-state index contributed by atoms with van der Waals surface area (Å²) in [5, 5.41) is 6.91. The summed E-state index contributed by atoms with van der Waals surface area (Å²) >= 11 is 0. The van der Waals surface area contributed by atoms with Crippen LogP contribution >= 0.6 is 0 Å². The van der Waals surface area contributed by atoms with E-state index >= 15 is 0 Å². The van der Waals surface area contributed by atoms with Crippen LogP contribution in [0.25, 0.3) is 33.7 Å². The fraction of sp³-hybridized carbons (Fsp3) is 0.250. The lowest BCUT2D eigenvalue weighted by Gasteiger charge is -2.06. The van der Waals surface area contributed by atoms with E-state index in [2.05, 4.69) is 29.9 Å². The van der Waals surface area contributed by atoms with Gasteiger partial charge >= 0.3 is 12.1 Å². The van der Waals surface area contributed by atoms with E-state index in [1.807, 2.05) is 0 Å². The number of ether oxygens (including phenoxy) is 1. The molecule has 4 heterocycles. The average Bonchev–Trinajstić information content (AvgIpc) is 3.39. The van der Waals surface area contributed by atoms with Gasteiger partial charge in [-0.15, -0.1) is 0 Å². The van der Waals surface area contributed by atoms with Crippen molar-refractivity contribution in [3.8, 4) is 22.8 Å². The molecule has 0 unspecified atom stereocenters. The predicted molar refractivity (Wildman–Crippen MR) is 106 cm³/mol. The molecule has 0 radical (unpaired) electrons. The number of alkyl halides is 3. The molecule has 4 rings (SSSR count). The van der Waals surface area contributed by atoms with Crippen molar-refractivity contribution in [3.63, 3.8) is 0 Å². The van der Waals surface area contributed by atoms with Gasteiger partial charge in [-0.25, -0.2) is 0 Å². The lowest BCUT2D eigenvalue weighted by molar-refractivity contribution is -0.159. The fourth-order valence-electron chi connectivity index (χ4n) is 3.11. The third-order valence-electron chi connectivity index (χ3n) is 4.70. The number of methoxy groups -OCH3 is 1. The third kappa shape index (κ3) is 4.17. The highest BCUT2D eigenvalue weighted by Gasteiger charge is 2.38. The Morgan fingerprint density at radius 2 is 2.00 bits per heavy atom. The summed E-state index contributed by atoms with van der Waals surface area (Å²) in [7, 11) is 3.30. The van der Waals surface area contributed by atoms with Gasteiger partial charge in [-0.2, -0.15) is 18.2 Å². The van der Waals surface area contributed by atoms with E-state index in [1.54, 1.807) is 37.1 Å². The van der Waals surface area contributed by atoms with Gasteiger partial charge in [-0.1, -0.05) is 5.16 Å². The smallest absolute Gasteiger partial charge is 0.383 e. The van der Waals surface area contributed by atoms with Crippen LogP contribution in [0.1, 0.15) is 16.4 Å². The standard InChI is InChI=1S/C20H17F3N6O3/c1-29-15(18(30)25-5-6-31-2)9-12-8-14(26-10-16(12)29)13-7-11(3-4-24-13)17-27-19(32-28-17)20(21,22)23/h3-4,7-10H,5-6H2,1-2H3,(H,25,30). The fourth-order valence-corrected chi connectivity index (χ4v) is 3.11. The summed E-state index contributed by atoms with van der Waals surface area (Å²) in [6, 6.07) is 6.45. The van der Waals surface area contributed by atoms with Crippen molar-refractivity contribution in [1.29, 1.82) is 0 Å². The molecule has 1 amide bonds. The number of hydrogen-bond donors (Lipinski definition) is 1. The first-order valence-electron chi connectivity index (χ1n) is 9.38. The molecule has 166 valence electrons. The van der Waals surface area contributed by atoms with Crippen molar-refractivity contribution in [3.05, 3.63) is 48.2 Å². The quantitative estimate of drug-likeness (QED) is 0.454. The summed E-state index contributed by atoms with van der Waals surface area (Å²) in [5.41, 5.74) is 2.34. The molecule has 0 fully saturated rings. The van der Waals surface area contributed by atoms with E-state index in [-0.39, 0.29) is 11.7 Å². The van der Waals surface area contributed by atoms with Gasteiger partial charge in [-0.3, -0.25) is 14.8 Å². The summed E-state index contributed by atoms with van der Waals surface area (Å²) < 4.78 is 49.1. The topological polar surface area (TPSA) is 108 Å². The van der Waals surface area contributed by atoms with Gasteiger partial charge in [0.2, 0.25) is 5.82 Å². The Labute approximate surface area is 179 Å². The Kier molecular flexibility index (Phi) is 5.61. The van der Waals surface area contributed by atoms with Crippen molar-refractivity contribution < 1.29 is 27.2 Å². The van der Waals surface area contributed by atoms with Crippen LogP contribution in [-0.2, 0) is 18.0 Å². The molecule has 0 aromatic carbocycles. The van der Waals surface area contributed by atoms with Crippen LogP contribution in [-0.4, -0.2) is 50.8 Å². The zero-order chi connectivity index (χ0) is 22.9. The maximum absolute atomic E-state index is 12.7. The second-order valence-electron chi connectivity index (χ2n) is 6.82. The van der Waals surface area contributed by atoms with Crippen LogP contribution in [0.5, 0.6) is 0 Å². The zero-order valence-corrected chi connectivity index (χ0v) is 17.0. The number of halogens is 3. The first kappa shape index (κ1) is 21.4. The molecule has 0 bridgehead atoms. The molecule has 0 aliphatic rings. The molecular formula is C20H17F3N6O3. The largest absolute Gasteiger partial charge is 0.471 e. The molecule has 12 heteroatoms. The summed E-state index contributed by atoms with van der Waals surface area (Å²) in [5.74, 6) is -1.89. The predicted octanol–water partition coefficient (Wildman–Crippen LogP) is 3.08. The van der Waals surface area contributed by atoms with Crippen LogP contribution in [0.3, 0.4) is 0 Å². The van der Waals surface area contributed by atoms with E-state index in [0.717, 1.165) is 10.9 Å². The van der Waals surface area contributed by atoms with Crippen molar-refractivity contribution in [2.45, 2.75) is 6.18 Å². The Morgan fingerprint density at radius 1 is 1.22 bits per heavy atom. The molecule has 1 N–H and O–H groups in total. The Morgan fingerprint density at radius 3 is 2.72 bits per heavy atom. The van der Waals surface area contributed by atoms with E-state index in [9.17, 15) is 18.0 Å². The van der Waals surface area contributed by atoms with Crippen LogP contribution in [0.4, 0.5) is 13.2 Å². The molecule has 4 aromatic heterocycles. The van der Waals surface area contributed by atoms with Crippen LogP contribution < -0.4 is 5.32 Å². The first-order valence-corrected chi connectivity index (χ1v) is 9.38. The Balaban J connectivity index is 1.65. The molecule has 0 aliphatic carbocycles. The summed E-state index contributed by atoms with van der Waals surface area (Å²) in [4.78, 5) is 24.4. The monoisotopic (exact) mass is 446 g/mol. The summed E-state index contributed by atoms with van der Waals surface area (Å²) in [6.45, 7) is 0.775. The van der Waals surface area contributed by atoms with Crippen LogP contribution in [0.2, 0.25) is 0 Å². The van der Waals surface area contributed by atoms with E-state index in [4.69, 9.17) is 4.74 Å². The van der Waals surface area contributed by atoms with Crippen LogP contribution in [0, 0.1) is 0 Å². The molecule has 0 saturated carbocycles. The lowest BCUT2D eigenvalue weighted by Crippen LogP contribution is -2.28. The maximum Gasteiger partial charge on any atom is 0.471 e. The normalized spacial score (nSPS) is 11.8. The number of hydrogen-bond acceptors (Lipinski definition) is 7. The number of amides is 1. The second-order valence-corrected chi connectivity index (χ2v) is 6.82. The number of pyridine rings is 2. The van der Waals surface area contributed by atoms with Crippen molar-refractivity contribution in [1.82, 2.24) is 30.0 Å². The minimum Gasteiger partial charge on any atom is -0.383 e. The molecule has 0 atom stereocenters. The van der Waals surface area contributed by atoms with Crippen molar-refractivity contribution >= 4 is 16.8 Å². The van der Waals surface area contributed by atoms with Crippen LogP contribution in [0.15, 0.2) is 41.2 Å². The number of aromatic nitrogens is 5. The molecule has 0 spiro atoms. The van der Waals surface area contributed by atoms with Gasteiger partial charge in [0.05, 0.1) is 29.7 Å². The third-order valence-corrected chi connectivity index (χ3v) is 4.70. The van der Waals surface area contributed by atoms with Gasteiger partial charge in [0, 0.05) is 37.8 Å². The number of fused-ring (bicyclic) bond motifs is 1. The molecule has 32 heavy (non-hydrogen) atoms. The second kappa shape index (κ2) is 8.38. The SMILES string of the molecule is COCCNC(=O)c1cc2cc(-c3cc(-c4noc(C(F)(F)F)n4)ccn3)ncc2n1C. The number of aryl methyl sites for hydroxylation is 1. The van der Waals surface area contributed by atoms with E-state index in [0.29, 0.717) is 35.8 Å². The van der Waals surface area contributed by atoms with Gasteiger partial charge in [0.15, 0.2) is 0 Å². The van der Waals surface area contributed by atoms with Crippen molar-refractivity contribution in [2.75, 3.05) is 20.3 Å². The van der Waals surface area contributed by atoms with Gasteiger partial charge in [0.25, 0.3) is 5.91 Å². The molecule has 9 nitrogen and oxygen atoms in total. The van der Waals surface area contributed by atoms with Gasteiger partial charge in [-0.05, 0) is 24.3 Å². The number of nitrogens with one attached hydrogen (secondary N) is 1. The molecule has 0 saturated heterocycles. The maximum atomic E-state index is 12.7.